The first-order valence-corrected chi connectivity index (χ1v) is 10.8. The summed E-state index contributed by atoms with van der Waals surface area (Å²) in [5, 5.41) is 14.2. The van der Waals surface area contributed by atoms with Gasteiger partial charge < -0.3 is 23.8 Å². The molecule has 0 aliphatic carbocycles. The Hall–Kier alpha value is -3.04. The average Bonchev–Trinajstić information content (AvgIpc) is 3.56. The van der Waals surface area contributed by atoms with Crippen molar-refractivity contribution in [3.8, 4) is 0 Å². The Morgan fingerprint density at radius 2 is 1.65 bits per heavy atom. The highest BCUT2D eigenvalue weighted by Gasteiger charge is 2.44. The van der Waals surface area contributed by atoms with Crippen molar-refractivity contribution in [1.82, 2.24) is 9.80 Å². The van der Waals surface area contributed by atoms with Gasteiger partial charge in [0.2, 0.25) is 0 Å². The molecule has 0 amide bonds. The Morgan fingerprint density at radius 1 is 1.03 bits per heavy atom. The Balaban J connectivity index is 0.000000286. The van der Waals surface area contributed by atoms with Gasteiger partial charge in [-0.05, 0) is 24.6 Å². The van der Waals surface area contributed by atoms with Crippen molar-refractivity contribution >= 4 is 11.9 Å². The van der Waals surface area contributed by atoms with Crippen LogP contribution in [0, 0.1) is 5.92 Å². The third-order valence-corrected chi connectivity index (χ3v) is 5.77. The lowest BCUT2D eigenvalue weighted by atomic mass is 9.89. The number of hydrogen-bond acceptors (Lipinski definition) is 7. The van der Waals surface area contributed by atoms with Gasteiger partial charge in [0.15, 0.2) is 0 Å². The van der Waals surface area contributed by atoms with Crippen LogP contribution < -0.4 is 0 Å². The zero-order chi connectivity index (χ0) is 27.8. The molecule has 2 aliphatic rings. The van der Waals surface area contributed by atoms with Gasteiger partial charge in [0, 0.05) is 50.8 Å². The van der Waals surface area contributed by atoms with Gasteiger partial charge in [0.05, 0.1) is 31.4 Å². The number of carboxylic acids is 2. The van der Waals surface area contributed by atoms with E-state index >= 15 is 0 Å². The molecule has 37 heavy (non-hydrogen) atoms. The van der Waals surface area contributed by atoms with E-state index in [4.69, 9.17) is 33.4 Å². The summed E-state index contributed by atoms with van der Waals surface area (Å²) in [5.41, 5.74) is 1.25. The number of rotatable bonds is 5. The molecule has 0 spiro atoms. The first kappa shape index (κ1) is 30.2. The maximum atomic E-state index is 10.6. The second-order valence-corrected chi connectivity index (χ2v) is 8.28. The van der Waals surface area contributed by atoms with Crippen LogP contribution in [0.5, 0.6) is 0 Å². The van der Waals surface area contributed by atoms with Crippen molar-refractivity contribution in [2.45, 2.75) is 44.0 Å². The van der Waals surface area contributed by atoms with Gasteiger partial charge in [-0.25, -0.2) is 9.59 Å². The fourth-order valence-corrected chi connectivity index (χ4v) is 4.18. The van der Waals surface area contributed by atoms with E-state index in [2.05, 4.69) is 21.9 Å². The summed E-state index contributed by atoms with van der Waals surface area (Å²) in [4.78, 5) is 22.9. The molecule has 2 N–H and O–H groups in total. The number of alkyl halides is 6. The van der Waals surface area contributed by atoms with E-state index in [1.807, 2.05) is 19.4 Å². The fourth-order valence-electron chi connectivity index (χ4n) is 4.18. The number of fused-ring (bicyclic) bond motifs is 1. The highest BCUT2D eigenvalue weighted by Crippen LogP contribution is 2.34. The summed E-state index contributed by atoms with van der Waals surface area (Å²) in [6.45, 7) is 5.08. The van der Waals surface area contributed by atoms with Gasteiger partial charge in [0.1, 0.15) is 5.76 Å². The molecule has 0 aromatic carbocycles. The Bertz CT molecular complexity index is 939. The minimum absolute atomic E-state index is 0.363. The summed E-state index contributed by atoms with van der Waals surface area (Å²) in [7, 11) is 1.85. The third kappa shape index (κ3) is 9.40. The molecule has 15 heteroatoms. The van der Waals surface area contributed by atoms with Crippen LogP contribution in [-0.4, -0.2) is 83.2 Å². The van der Waals surface area contributed by atoms with Crippen LogP contribution in [0.1, 0.15) is 17.7 Å². The number of halogens is 6. The molecule has 0 radical (unpaired) electrons. The molecule has 2 aromatic rings. The molecule has 0 saturated carbocycles. The number of nitrogens with zero attached hydrogens (tertiary/aromatic N) is 2. The lowest BCUT2D eigenvalue weighted by Gasteiger charge is -2.41. The van der Waals surface area contributed by atoms with Crippen LogP contribution in [0.25, 0.3) is 0 Å². The van der Waals surface area contributed by atoms with Crippen molar-refractivity contribution in [3.63, 3.8) is 0 Å². The number of carbonyl (C=O) groups is 2. The highest BCUT2D eigenvalue weighted by atomic mass is 19.4. The van der Waals surface area contributed by atoms with E-state index in [1.165, 1.54) is 5.56 Å². The van der Waals surface area contributed by atoms with Crippen LogP contribution >= 0.6 is 0 Å². The lowest BCUT2D eigenvalue weighted by Crippen LogP contribution is -2.50. The minimum Gasteiger partial charge on any atom is -0.475 e. The van der Waals surface area contributed by atoms with Gasteiger partial charge in [-0.1, -0.05) is 0 Å². The number of carboxylic acid groups (broad SMARTS) is 2. The van der Waals surface area contributed by atoms with E-state index in [-0.39, 0.29) is 0 Å². The minimum atomic E-state index is -5.08. The molecule has 0 bridgehead atoms. The van der Waals surface area contributed by atoms with Crippen LogP contribution in [0.2, 0.25) is 0 Å². The van der Waals surface area contributed by atoms with Crippen LogP contribution in [0.3, 0.4) is 0 Å². The van der Waals surface area contributed by atoms with Crippen molar-refractivity contribution in [2.75, 3.05) is 26.7 Å². The average molecular weight is 544 g/mol. The molecule has 3 atom stereocenters. The summed E-state index contributed by atoms with van der Waals surface area (Å²) in [6, 6.07) is 6.62. The lowest BCUT2D eigenvalue weighted by molar-refractivity contribution is -0.193. The zero-order valence-corrected chi connectivity index (χ0v) is 19.5. The van der Waals surface area contributed by atoms with Gasteiger partial charge in [-0.3, -0.25) is 9.80 Å². The van der Waals surface area contributed by atoms with E-state index < -0.39 is 24.3 Å². The number of piperidine rings is 1. The molecule has 4 heterocycles. The van der Waals surface area contributed by atoms with Crippen molar-refractivity contribution in [1.29, 1.82) is 0 Å². The normalized spacial score (nSPS) is 22.3. The largest absolute Gasteiger partial charge is 0.490 e. The van der Waals surface area contributed by atoms with Crippen molar-refractivity contribution < 1.29 is 59.7 Å². The molecule has 2 aromatic heterocycles. The summed E-state index contributed by atoms with van der Waals surface area (Å²) < 4.78 is 80.0. The molecular weight excluding hydrogens is 518 g/mol. The molecule has 2 aliphatic heterocycles. The van der Waals surface area contributed by atoms with Crippen LogP contribution in [0.4, 0.5) is 26.3 Å². The topological polar surface area (TPSA) is 117 Å². The molecule has 2 fully saturated rings. The highest BCUT2D eigenvalue weighted by molar-refractivity contribution is 5.73. The van der Waals surface area contributed by atoms with Crippen LogP contribution in [-0.2, 0) is 27.4 Å². The molecule has 9 nitrogen and oxygen atoms in total. The first-order chi connectivity index (χ1) is 17.2. The predicted octanol–water partition coefficient (Wildman–Crippen LogP) is 3.86. The third-order valence-electron chi connectivity index (χ3n) is 5.77. The molecular formula is C22H26F6N2O7. The summed E-state index contributed by atoms with van der Waals surface area (Å²) in [6.07, 6.45) is -3.34. The Labute approximate surface area is 207 Å². The quantitative estimate of drug-likeness (QED) is 0.542. The predicted molar refractivity (Wildman–Crippen MR) is 113 cm³/mol. The van der Waals surface area contributed by atoms with Crippen molar-refractivity contribution in [3.05, 3.63) is 48.3 Å². The fraction of sp³-hybridized carbons (Fsp3) is 0.545. The number of ether oxygens (including phenoxy) is 1. The smallest absolute Gasteiger partial charge is 0.475 e. The summed E-state index contributed by atoms with van der Waals surface area (Å²) in [5.74, 6) is -3.91. The van der Waals surface area contributed by atoms with Gasteiger partial charge in [-0.15, -0.1) is 0 Å². The molecule has 208 valence electrons. The SMILES string of the molecule is CO[C@H]1CCN(Cc2ccoc2)[C@@H]2CN(Cc3ccco3)C[C@H]12.O=C(O)C(F)(F)F.O=C(O)C(F)(F)F. The maximum absolute atomic E-state index is 10.6. The van der Waals surface area contributed by atoms with E-state index in [0.717, 1.165) is 44.9 Å². The van der Waals surface area contributed by atoms with Gasteiger partial charge in [0.25, 0.3) is 0 Å². The molecule has 4 rings (SSSR count). The number of methoxy groups -OCH3 is 1. The van der Waals surface area contributed by atoms with E-state index in [9.17, 15) is 26.3 Å². The van der Waals surface area contributed by atoms with E-state index in [1.54, 1.807) is 12.5 Å². The second-order valence-electron chi connectivity index (χ2n) is 8.28. The molecule has 2 saturated heterocycles. The first-order valence-electron chi connectivity index (χ1n) is 10.8. The standard InChI is InChI=1S/C18H24N2O3.2C2HF3O2/c1-21-18-4-6-20(9-14-5-8-22-13-14)17-12-19(11-16(17)18)10-15-3-2-7-23-15;2*3-2(4,5)1(6)7/h2-3,5,7-8,13,16-18H,4,6,9-12H2,1H3;2*(H,6,7)/t16-,17+,18-;;/m0../s1. The second kappa shape index (κ2) is 13.0. The number of likely N-dealkylation sites (tertiary alicyclic amines) is 2. The summed E-state index contributed by atoms with van der Waals surface area (Å²) >= 11 is 0. The molecule has 0 unspecified atom stereocenters. The number of furan rings is 2. The monoisotopic (exact) mass is 544 g/mol. The van der Waals surface area contributed by atoms with Gasteiger partial charge >= 0.3 is 24.3 Å². The van der Waals surface area contributed by atoms with Crippen LogP contribution in [0.15, 0.2) is 45.8 Å². The van der Waals surface area contributed by atoms with E-state index in [0.29, 0.717) is 18.1 Å². The number of aliphatic carboxylic acids is 2. The Kier molecular flexibility index (Phi) is 10.6. The zero-order valence-electron chi connectivity index (χ0n) is 19.5. The van der Waals surface area contributed by atoms with Crippen molar-refractivity contribution in [2.24, 2.45) is 5.92 Å². The maximum Gasteiger partial charge on any atom is 0.490 e. The van der Waals surface area contributed by atoms with Gasteiger partial charge in [-0.2, -0.15) is 26.3 Å². The number of hydrogen-bond donors (Lipinski definition) is 2. The Morgan fingerprint density at radius 3 is 2.11 bits per heavy atom.